The molecule has 0 amide bonds. The molecule has 0 bridgehead atoms. The van der Waals surface area contributed by atoms with Gasteiger partial charge >= 0.3 is 0 Å². The fourth-order valence-electron chi connectivity index (χ4n) is 3.68. The van der Waals surface area contributed by atoms with E-state index in [0.717, 1.165) is 18.4 Å². The van der Waals surface area contributed by atoms with Gasteiger partial charge in [-0.3, -0.25) is 0 Å². The normalized spacial score (nSPS) is 24.4. The van der Waals surface area contributed by atoms with Crippen LogP contribution >= 0.6 is 0 Å². The molecule has 112 valence electrons. The zero-order valence-electron chi connectivity index (χ0n) is 13.5. The van der Waals surface area contributed by atoms with Gasteiger partial charge in [-0.25, -0.2) is 0 Å². The van der Waals surface area contributed by atoms with Gasteiger partial charge in [0.2, 0.25) is 0 Å². The summed E-state index contributed by atoms with van der Waals surface area (Å²) in [6, 6.07) is 7.27. The highest BCUT2D eigenvalue weighted by Gasteiger charge is 2.28. The van der Waals surface area contributed by atoms with Crippen LogP contribution in [0.2, 0.25) is 0 Å². The lowest BCUT2D eigenvalue weighted by molar-refractivity contribution is 0.253. The van der Waals surface area contributed by atoms with Crippen LogP contribution in [0.1, 0.15) is 43.7 Å². The molecule has 1 aliphatic carbocycles. The van der Waals surface area contributed by atoms with Crippen molar-refractivity contribution in [2.24, 2.45) is 17.6 Å². The monoisotopic (exact) mass is 274 g/mol. The molecule has 0 heterocycles. The smallest absolute Gasteiger partial charge is 0.0437 e. The summed E-state index contributed by atoms with van der Waals surface area (Å²) >= 11 is 0. The third-order valence-corrected chi connectivity index (χ3v) is 4.96. The van der Waals surface area contributed by atoms with Crippen molar-refractivity contribution in [2.75, 3.05) is 18.5 Å². The van der Waals surface area contributed by atoms with E-state index in [9.17, 15) is 0 Å². The molecule has 0 radical (unpaired) electrons. The number of rotatable bonds is 4. The largest absolute Gasteiger partial charge is 0.370 e. The molecule has 2 nitrogen and oxygen atoms in total. The Morgan fingerprint density at radius 2 is 1.65 bits per heavy atom. The fourth-order valence-corrected chi connectivity index (χ4v) is 3.68. The summed E-state index contributed by atoms with van der Waals surface area (Å²) in [5.41, 5.74) is 10.1. The molecule has 1 unspecified atom stereocenters. The van der Waals surface area contributed by atoms with Gasteiger partial charge in [0.15, 0.2) is 0 Å². The van der Waals surface area contributed by atoms with Crippen LogP contribution in [0.25, 0.3) is 0 Å². The molecule has 0 aromatic heterocycles. The number of aryl methyl sites for hydroxylation is 2. The number of anilines is 1. The van der Waals surface area contributed by atoms with Crippen molar-refractivity contribution in [2.45, 2.75) is 52.5 Å². The first-order valence-corrected chi connectivity index (χ1v) is 8.02. The van der Waals surface area contributed by atoms with E-state index in [1.807, 2.05) is 0 Å². The number of nitrogens with zero attached hydrogens (tertiary/aromatic N) is 1. The SMILES string of the molecule is Cc1cc(C)cc(N(C)C(CN)C2CCC(C)CC2)c1. The molecule has 1 fully saturated rings. The third-order valence-electron chi connectivity index (χ3n) is 4.96. The van der Waals surface area contributed by atoms with Gasteiger partial charge in [-0.1, -0.05) is 25.8 Å². The van der Waals surface area contributed by atoms with E-state index in [-0.39, 0.29) is 0 Å². The topological polar surface area (TPSA) is 29.3 Å². The summed E-state index contributed by atoms with van der Waals surface area (Å²) in [6.45, 7) is 7.47. The fraction of sp³-hybridized carbons (Fsp3) is 0.667. The van der Waals surface area contributed by atoms with E-state index in [1.54, 1.807) is 0 Å². The molecule has 1 aliphatic rings. The van der Waals surface area contributed by atoms with Crippen LogP contribution in [0, 0.1) is 25.7 Å². The van der Waals surface area contributed by atoms with E-state index in [4.69, 9.17) is 5.73 Å². The van der Waals surface area contributed by atoms with Gasteiger partial charge in [0.05, 0.1) is 0 Å². The minimum absolute atomic E-state index is 0.476. The Hall–Kier alpha value is -1.02. The molecule has 0 aliphatic heterocycles. The molecule has 1 saturated carbocycles. The van der Waals surface area contributed by atoms with Crippen LogP contribution < -0.4 is 10.6 Å². The minimum atomic E-state index is 0.476. The molecule has 2 N–H and O–H groups in total. The molecular weight excluding hydrogens is 244 g/mol. The summed E-state index contributed by atoms with van der Waals surface area (Å²) in [6.07, 6.45) is 5.39. The van der Waals surface area contributed by atoms with E-state index in [1.165, 1.54) is 42.5 Å². The zero-order chi connectivity index (χ0) is 14.7. The lowest BCUT2D eigenvalue weighted by Gasteiger charge is -2.39. The molecule has 2 rings (SSSR count). The Morgan fingerprint density at radius 3 is 2.15 bits per heavy atom. The van der Waals surface area contributed by atoms with Crippen LogP contribution in [0.5, 0.6) is 0 Å². The highest BCUT2D eigenvalue weighted by molar-refractivity contribution is 5.51. The first-order valence-electron chi connectivity index (χ1n) is 8.02. The first-order chi connectivity index (χ1) is 9.51. The molecule has 0 saturated heterocycles. The first kappa shape index (κ1) is 15.4. The predicted molar refractivity (Wildman–Crippen MR) is 88.3 cm³/mol. The second-order valence-electron chi connectivity index (χ2n) is 6.78. The van der Waals surface area contributed by atoms with Gasteiger partial charge in [-0.2, -0.15) is 0 Å². The molecule has 1 aromatic rings. The maximum atomic E-state index is 6.11. The summed E-state index contributed by atoms with van der Waals surface area (Å²) in [5.74, 6) is 1.65. The molecule has 2 heteroatoms. The number of hydrogen-bond acceptors (Lipinski definition) is 2. The van der Waals surface area contributed by atoms with Crippen LogP contribution in [-0.4, -0.2) is 19.6 Å². The van der Waals surface area contributed by atoms with Crippen molar-refractivity contribution in [3.8, 4) is 0 Å². The van der Waals surface area contributed by atoms with Crippen LogP contribution in [0.15, 0.2) is 18.2 Å². The van der Waals surface area contributed by atoms with Gasteiger partial charge in [0.25, 0.3) is 0 Å². The van der Waals surface area contributed by atoms with E-state index < -0.39 is 0 Å². The Labute approximate surface area is 124 Å². The molecular formula is C18H30N2. The van der Waals surface area contributed by atoms with Crippen molar-refractivity contribution in [3.63, 3.8) is 0 Å². The second kappa shape index (κ2) is 6.62. The number of hydrogen-bond donors (Lipinski definition) is 1. The van der Waals surface area contributed by atoms with Crippen molar-refractivity contribution in [1.82, 2.24) is 0 Å². The maximum absolute atomic E-state index is 6.11. The van der Waals surface area contributed by atoms with Crippen molar-refractivity contribution in [1.29, 1.82) is 0 Å². The van der Waals surface area contributed by atoms with E-state index >= 15 is 0 Å². The summed E-state index contributed by atoms with van der Waals surface area (Å²) in [7, 11) is 2.21. The van der Waals surface area contributed by atoms with Crippen LogP contribution in [0.3, 0.4) is 0 Å². The minimum Gasteiger partial charge on any atom is -0.370 e. The summed E-state index contributed by atoms with van der Waals surface area (Å²) in [5, 5.41) is 0. The predicted octanol–water partition coefficient (Wildman–Crippen LogP) is 3.89. The van der Waals surface area contributed by atoms with Gasteiger partial charge < -0.3 is 10.6 Å². The standard InChI is InChI=1S/C18H30N2/c1-13-5-7-16(8-6-13)18(12-19)20(4)17-10-14(2)9-15(3)11-17/h9-11,13,16,18H,5-8,12,19H2,1-4H3. The van der Waals surface area contributed by atoms with E-state index in [2.05, 4.69) is 50.9 Å². The summed E-state index contributed by atoms with van der Waals surface area (Å²) < 4.78 is 0. The Balaban J connectivity index is 2.13. The molecule has 1 atom stereocenters. The van der Waals surface area contributed by atoms with Crippen molar-refractivity contribution in [3.05, 3.63) is 29.3 Å². The zero-order valence-corrected chi connectivity index (χ0v) is 13.5. The Morgan fingerprint density at radius 1 is 1.10 bits per heavy atom. The summed E-state index contributed by atoms with van der Waals surface area (Å²) in [4.78, 5) is 2.42. The third kappa shape index (κ3) is 3.54. The van der Waals surface area contributed by atoms with Gasteiger partial charge in [0, 0.05) is 25.3 Å². The van der Waals surface area contributed by atoms with Gasteiger partial charge in [0.1, 0.15) is 0 Å². The molecule has 1 aromatic carbocycles. The number of likely N-dealkylation sites (N-methyl/N-ethyl adjacent to an activating group) is 1. The van der Waals surface area contributed by atoms with Crippen LogP contribution in [-0.2, 0) is 0 Å². The molecule has 0 spiro atoms. The van der Waals surface area contributed by atoms with Gasteiger partial charge in [-0.05, 0) is 61.8 Å². The average molecular weight is 274 g/mol. The Kier molecular flexibility index (Phi) is 5.09. The quantitative estimate of drug-likeness (QED) is 0.902. The van der Waals surface area contributed by atoms with Gasteiger partial charge in [-0.15, -0.1) is 0 Å². The lowest BCUT2D eigenvalue weighted by Crippen LogP contribution is -2.44. The average Bonchev–Trinajstić information content (AvgIpc) is 2.40. The highest BCUT2D eigenvalue weighted by atomic mass is 15.1. The highest BCUT2D eigenvalue weighted by Crippen LogP contribution is 2.33. The van der Waals surface area contributed by atoms with Crippen molar-refractivity contribution < 1.29 is 0 Å². The van der Waals surface area contributed by atoms with E-state index in [0.29, 0.717) is 6.04 Å². The Bertz CT molecular complexity index is 413. The molecule has 20 heavy (non-hydrogen) atoms. The lowest BCUT2D eigenvalue weighted by atomic mass is 9.78. The van der Waals surface area contributed by atoms with Crippen molar-refractivity contribution >= 4 is 5.69 Å². The number of benzene rings is 1. The second-order valence-corrected chi connectivity index (χ2v) is 6.78. The number of nitrogens with two attached hydrogens (primary N) is 1. The van der Waals surface area contributed by atoms with Crippen LogP contribution in [0.4, 0.5) is 5.69 Å². The maximum Gasteiger partial charge on any atom is 0.0437 e.